The minimum absolute atomic E-state index is 0.0375. The van der Waals surface area contributed by atoms with Crippen LogP contribution in [0.3, 0.4) is 0 Å². The molecule has 2 aromatic carbocycles. The molecule has 0 amide bonds. The SMILES string of the molecule is Cc1c(C(C)C(=O)OC2CCCC2)c2cc(O)ccc2n1C(=O)c1cccc(F)c1. The Morgan fingerprint density at radius 2 is 1.90 bits per heavy atom. The molecule has 1 aliphatic carbocycles. The van der Waals surface area contributed by atoms with Crippen LogP contribution in [0.1, 0.15) is 60.1 Å². The molecule has 1 atom stereocenters. The number of aromatic nitrogens is 1. The zero-order valence-electron chi connectivity index (χ0n) is 17.0. The van der Waals surface area contributed by atoms with Crippen molar-refractivity contribution in [1.82, 2.24) is 4.57 Å². The van der Waals surface area contributed by atoms with Gasteiger partial charge in [0.15, 0.2) is 0 Å². The molecule has 1 unspecified atom stereocenters. The number of benzene rings is 2. The van der Waals surface area contributed by atoms with Crippen LogP contribution in [0.2, 0.25) is 0 Å². The maximum Gasteiger partial charge on any atom is 0.313 e. The number of carbonyl (C=O) groups excluding carboxylic acids is 2. The number of hydrogen-bond acceptors (Lipinski definition) is 4. The van der Waals surface area contributed by atoms with Crippen LogP contribution in [-0.4, -0.2) is 27.7 Å². The van der Waals surface area contributed by atoms with Crippen LogP contribution in [-0.2, 0) is 9.53 Å². The Kier molecular flexibility index (Phi) is 5.33. The molecule has 1 heterocycles. The molecular formula is C24H24FNO4. The third kappa shape index (κ3) is 3.58. The van der Waals surface area contributed by atoms with Crippen LogP contribution in [0.25, 0.3) is 10.9 Å². The highest BCUT2D eigenvalue weighted by atomic mass is 19.1. The average molecular weight is 409 g/mol. The van der Waals surface area contributed by atoms with Crippen molar-refractivity contribution < 1.29 is 23.8 Å². The zero-order chi connectivity index (χ0) is 21.4. The molecule has 1 saturated carbocycles. The monoisotopic (exact) mass is 409 g/mol. The predicted octanol–water partition coefficient (Wildman–Crippen LogP) is 5.07. The van der Waals surface area contributed by atoms with Crippen molar-refractivity contribution in [3.63, 3.8) is 0 Å². The third-order valence-corrected chi connectivity index (χ3v) is 5.88. The van der Waals surface area contributed by atoms with E-state index in [-0.39, 0.29) is 23.4 Å². The highest BCUT2D eigenvalue weighted by Crippen LogP contribution is 2.36. The Hall–Kier alpha value is -3.15. The Balaban J connectivity index is 1.80. The van der Waals surface area contributed by atoms with Crippen LogP contribution >= 0.6 is 0 Å². The second kappa shape index (κ2) is 7.94. The maximum atomic E-state index is 13.7. The van der Waals surface area contributed by atoms with Gasteiger partial charge in [0.05, 0.1) is 11.4 Å². The van der Waals surface area contributed by atoms with Gasteiger partial charge in [0.1, 0.15) is 17.7 Å². The molecule has 5 nitrogen and oxygen atoms in total. The van der Waals surface area contributed by atoms with E-state index in [0.29, 0.717) is 22.2 Å². The number of halogens is 1. The molecule has 4 rings (SSSR count). The summed E-state index contributed by atoms with van der Waals surface area (Å²) >= 11 is 0. The lowest BCUT2D eigenvalue weighted by molar-refractivity contribution is -0.150. The van der Waals surface area contributed by atoms with Crippen molar-refractivity contribution in [2.45, 2.75) is 51.6 Å². The van der Waals surface area contributed by atoms with E-state index in [1.54, 1.807) is 32.0 Å². The van der Waals surface area contributed by atoms with E-state index in [1.165, 1.54) is 28.8 Å². The summed E-state index contributed by atoms with van der Waals surface area (Å²) < 4.78 is 20.8. The van der Waals surface area contributed by atoms with Crippen LogP contribution in [0, 0.1) is 12.7 Å². The number of nitrogens with zero attached hydrogens (tertiary/aromatic N) is 1. The molecule has 1 N–H and O–H groups in total. The molecule has 0 saturated heterocycles. The van der Waals surface area contributed by atoms with Crippen molar-refractivity contribution in [3.05, 3.63) is 65.1 Å². The molecule has 0 radical (unpaired) electrons. The highest BCUT2D eigenvalue weighted by molar-refractivity contribution is 6.05. The minimum atomic E-state index is -0.614. The average Bonchev–Trinajstić information content (AvgIpc) is 3.32. The number of phenols is 1. The van der Waals surface area contributed by atoms with Crippen LogP contribution in [0.5, 0.6) is 5.75 Å². The van der Waals surface area contributed by atoms with Gasteiger partial charge in [0, 0.05) is 16.6 Å². The van der Waals surface area contributed by atoms with E-state index in [4.69, 9.17) is 4.74 Å². The van der Waals surface area contributed by atoms with E-state index in [2.05, 4.69) is 0 Å². The van der Waals surface area contributed by atoms with E-state index < -0.39 is 17.6 Å². The standard InChI is InChI=1S/C24H24FNO4/c1-14(24(29)30-19-8-3-4-9-19)22-15(2)26(21-11-10-18(27)13-20(21)22)23(28)16-6-5-7-17(25)12-16/h5-7,10-14,19,27H,3-4,8-9H2,1-2H3. The number of ether oxygens (including phenoxy) is 1. The van der Waals surface area contributed by atoms with Crippen molar-refractivity contribution in [3.8, 4) is 5.75 Å². The molecule has 1 aromatic heterocycles. The molecule has 0 spiro atoms. The number of esters is 1. The Bertz CT molecular complexity index is 1130. The van der Waals surface area contributed by atoms with E-state index in [1.807, 2.05) is 0 Å². The van der Waals surface area contributed by atoms with Crippen molar-refractivity contribution in [2.75, 3.05) is 0 Å². The summed E-state index contributed by atoms with van der Waals surface area (Å²) in [6, 6.07) is 10.2. The maximum absolute atomic E-state index is 13.7. The van der Waals surface area contributed by atoms with Gasteiger partial charge in [-0.1, -0.05) is 6.07 Å². The number of carbonyl (C=O) groups is 2. The lowest BCUT2D eigenvalue weighted by Gasteiger charge is -2.17. The zero-order valence-corrected chi connectivity index (χ0v) is 17.0. The molecule has 30 heavy (non-hydrogen) atoms. The molecular weight excluding hydrogens is 385 g/mol. The van der Waals surface area contributed by atoms with Gasteiger partial charge in [-0.2, -0.15) is 0 Å². The van der Waals surface area contributed by atoms with E-state index >= 15 is 0 Å². The first-order chi connectivity index (χ1) is 14.4. The summed E-state index contributed by atoms with van der Waals surface area (Å²) in [4.78, 5) is 26.1. The van der Waals surface area contributed by atoms with Crippen LogP contribution < -0.4 is 0 Å². The summed E-state index contributed by atoms with van der Waals surface area (Å²) in [7, 11) is 0. The lowest BCUT2D eigenvalue weighted by Crippen LogP contribution is -2.20. The number of aromatic hydroxyl groups is 1. The predicted molar refractivity (Wildman–Crippen MR) is 111 cm³/mol. The fraction of sp³-hybridized carbons (Fsp3) is 0.333. The first-order valence-corrected chi connectivity index (χ1v) is 10.2. The molecule has 6 heteroatoms. The Morgan fingerprint density at radius 1 is 1.17 bits per heavy atom. The quantitative estimate of drug-likeness (QED) is 0.611. The molecule has 1 aliphatic rings. The molecule has 0 bridgehead atoms. The fourth-order valence-electron chi connectivity index (χ4n) is 4.38. The summed E-state index contributed by atoms with van der Waals surface area (Å²) in [5.41, 5.74) is 1.96. The van der Waals surface area contributed by atoms with Crippen LogP contribution in [0.4, 0.5) is 4.39 Å². The summed E-state index contributed by atoms with van der Waals surface area (Å²) in [6.07, 6.45) is 3.80. The minimum Gasteiger partial charge on any atom is -0.508 e. The fourth-order valence-corrected chi connectivity index (χ4v) is 4.38. The first kappa shape index (κ1) is 20.1. The molecule has 1 fully saturated rings. The third-order valence-electron chi connectivity index (χ3n) is 5.88. The molecule has 156 valence electrons. The molecule has 3 aromatic rings. The van der Waals surface area contributed by atoms with E-state index in [0.717, 1.165) is 25.7 Å². The van der Waals surface area contributed by atoms with Gasteiger partial charge in [-0.15, -0.1) is 0 Å². The second-order valence-electron chi connectivity index (χ2n) is 7.92. The van der Waals surface area contributed by atoms with Gasteiger partial charge in [0.2, 0.25) is 0 Å². The summed E-state index contributed by atoms with van der Waals surface area (Å²) in [5.74, 6) is -1.82. The summed E-state index contributed by atoms with van der Waals surface area (Å²) in [6.45, 7) is 3.50. The summed E-state index contributed by atoms with van der Waals surface area (Å²) in [5, 5.41) is 10.6. The Labute approximate surface area is 174 Å². The largest absolute Gasteiger partial charge is 0.508 e. The number of phenolic OH excluding ortho intramolecular Hbond substituents is 1. The van der Waals surface area contributed by atoms with Gasteiger partial charge in [0.25, 0.3) is 5.91 Å². The van der Waals surface area contributed by atoms with Crippen molar-refractivity contribution >= 4 is 22.8 Å². The first-order valence-electron chi connectivity index (χ1n) is 10.2. The topological polar surface area (TPSA) is 68.5 Å². The van der Waals surface area contributed by atoms with Gasteiger partial charge in [-0.25, -0.2) is 4.39 Å². The lowest BCUT2D eigenvalue weighted by atomic mass is 9.97. The van der Waals surface area contributed by atoms with Gasteiger partial charge >= 0.3 is 5.97 Å². The number of rotatable bonds is 4. The van der Waals surface area contributed by atoms with Crippen molar-refractivity contribution in [2.24, 2.45) is 0 Å². The smallest absolute Gasteiger partial charge is 0.313 e. The number of fused-ring (bicyclic) bond motifs is 1. The Morgan fingerprint density at radius 3 is 2.60 bits per heavy atom. The molecule has 0 aliphatic heterocycles. The highest BCUT2D eigenvalue weighted by Gasteiger charge is 2.30. The van der Waals surface area contributed by atoms with Gasteiger partial charge in [-0.05, 0) is 81.5 Å². The van der Waals surface area contributed by atoms with Crippen molar-refractivity contribution in [1.29, 1.82) is 0 Å². The van der Waals surface area contributed by atoms with Crippen LogP contribution in [0.15, 0.2) is 42.5 Å². The normalized spacial score (nSPS) is 15.4. The number of hydrogen-bond donors (Lipinski definition) is 1. The van der Waals surface area contributed by atoms with Gasteiger partial charge < -0.3 is 9.84 Å². The van der Waals surface area contributed by atoms with Gasteiger partial charge in [-0.3, -0.25) is 14.2 Å². The van der Waals surface area contributed by atoms with E-state index in [9.17, 15) is 19.1 Å². The second-order valence-corrected chi connectivity index (χ2v) is 7.92.